The number of nitrogens with zero attached hydrogens (tertiary/aromatic N) is 3. The number of sulfone groups is 1. The van der Waals surface area contributed by atoms with Gasteiger partial charge in [-0.3, -0.25) is 4.68 Å². The highest BCUT2D eigenvalue weighted by molar-refractivity contribution is 7.91. The molecule has 1 aromatic heterocycles. The smallest absolute Gasteiger partial charge is 0.410 e. The van der Waals surface area contributed by atoms with E-state index >= 15 is 0 Å². The molecule has 0 N–H and O–H groups in total. The molecule has 0 saturated carbocycles. The number of ether oxygens (including phenoxy) is 1. The molecule has 0 spiro atoms. The normalized spacial score (nSPS) is 19.4. The fraction of sp³-hybridized carbons (Fsp3) is 0.750. The highest BCUT2D eigenvalue weighted by Crippen LogP contribution is 2.24. The zero-order chi connectivity index (χ0) is 18.1. The first-order chi connectivity index (χ1) is 11.0. The van der Waals surface area contributed by atoms with Crippen LogP contribution in [0.4, 0.5) is 4.79 Å². The van der Waals surface area contributed by atoms with Crippen molar-refractivity contribution in [3.05, 3.63) is 11.8 Å². The molecule has 1 fully saturated rings. The van der Waals surface area contributed by atoms with Gasteiger partial charge in [0.1, 0.15) is 5.60 Å². The minimum absolute atomic E-state index is 0.106. The number of likely N-dealkylation sites (tertiary alicyclic amines) is 1. The van der Waals surface area contributed by atoms with Gasteiger partial charge in [0, 0.05) is 19.6 Å². The first kappa shape index (κ1) is 18.8. The van der Waals surface area contributed by atoms with Gasteiger partial charge in [0.15, 0.2) is 14.9 Å². The lowest BCUT2D eigenvalue weighted by molar-refractivity contribution is 0.0124. The summed E-state index contributed by atoms with van der Waals surface area (Å²) in [6.45, 7) is 7.70. The lowest BCUT2D eigenvalue weighted by Crippen LogP contribution is -2.49. The maximum absolute atomic E-state index is 12.7. The van der Waals surface area contributed by atoms with E-state index in [1.54, 1.807) is 45.7 Å². The third-order valence-electron chi connectivity index (χ3n) is 3.94. The lowest BCUT2D eigenvalue weighted by atomic mass is 10.0. The van der Waals surface area contributed by atoms with E-state index in [1.807, 2.05) is 0 Å². The Balaban J connectivity index is 2.19. The quantitative estimate of drug-likeness (QED) is 0.829. The molecule has 0 radical (unpaired) electrons. The van der Waals surface area contributed by atoms with Crippen LogP contribution < -0.4 is 0 Å². The standard InChI is InChI=1S/C16H27N3O4S/c1-12-10-14(18(5)17-12)24(21,22)11-13-8-6-7-9-19(13)15(20)23-16(2,3)4/h10,13H,6-9,11H2,1-5H3. The van der Waals surface area contributed by atoms with E-state index in [-0.39, 0.29) is 16.8 Å². The van der Waals surface area contributed by atoms with Crippen molar-refractivity contribution < 1.29 is 17.9 Å². The van der Waals surface area contributed by atoms with Crippen LogP contribution in [-0.4, -0.2) is 53.1 Å². The maximum atomic E-state index is 12.7. The Hall–Kier alpha value is -1.57. The zero-order valence-corrected chi connectivity index (χ0v) is 15.9. The van der Waals surface area contributed by atoms with Crippen LogP contribution in [0.15, 0.2) is 11.1 Å². The van der Waals surface area contributed by atoms with Crippen molar-refractivity contribution in [2.45, 2.75) is 63.6 Å². The number of carbonyl (C=O) groups excluding carboxylic acids is 1. The van der Waals surface area contributed by atoms with Crippen LogP contribution in [0.3, 0.4) is 0 Å². The highest BCUT2D eigenvalue weighted by Gasteiger charge is 2.34. The SMILES string of the molecule is Cc1cc(S(=O)(=O)CC2CCCCN2C(=O)OC(C)(C)C)n(C)n1. The van der Waals surface area contributed by atoms with Crippen LogP contribution in [-0.2, 0) is 21.6 Å². The van der Waals surface area contributed by atoms with Crippen molar-refractivity contribution in [1.82, 2.24) is 14.7 Å². The Morgan fingerprint density at radius 2 is 2.04 bits per heavy atom. The van der Waals surface area contributed by atoms with E-state index in [1.165, 1.54) is 4.68 Å². The van der Waals surface area contributed by atoms with Crippen molar-refractivity contribution in [2.24, 2.45) is 7.05 Å². The van der Waals surface area contributed by atoms with Crippen molar-refractivity contribution in [3.8, 4) is 0 Å². The number of rotatable bonds is 3. The van der Waals surface area contributed by atoms with Crippen LogP contribution in [0.1, 0.15) is 45.7 Å². The number of hydrogen-bond acceptors (Lipinski definition) is 5. The Bertz CT molecular complexity index is 703. The number of carbonyl (C=O) groups is 1. The largest absolute Gasteiger partial charge is 0.444 e. The second-order valence-electron chi connectivity index (χ2n) is 7.35. The Kier molecular flexibility index (Phi) is 5.27. The molecular weight excluding hydrogens is 330 g/mol. The molecule has 1 atom stereocenters. The number of aromatic nitrogens is 2. The molecule has 0 bridgehead atoms. The second-order valence-corrected chi connectivity index (χ2v) is 9.33. The summed E-state index contributed by atoms with van der Waals surface area (Å²) in [6, 6.07) is 1.20. The molecular formula is C16H27N3O4S. The Morgan fingerprint density at radius 3 is 2.58 bits per heavy atom. The number of hydrogen-bond donors (Lipinski definition) is 0. The van der Waals surface area contributed by atoms with Gasteiger partial charge < -0.3 is 9.64 Å². The monoisotopic (exact) mass is 357 g/mol. The van der Waals surface area contributed by atoms with Crippen LogP contribution in [0.25, 0.3) is 0 Å². The van der Waals surface area contributed by atoms with E-state index in [4.69, 9.17) is 4.74 Å². The zero-order valence-electron chi connectivity index (χ0n) is 15.1. The summed E-state index contributed by atoms with van der Waals surface area (Å²) in [6.07, 6.45) is 1.99. The van der Waals surface area contributed by atoms with Gasteiger partial charge in [-0.15, -0.1) is 0 Å². The molecule has 1 aliphatic rings. The third-order valence-corrected chi connectivity index (χ3v) is 5.79. The number of aryl methyl sites for hydroxylation is 2. The number of piperidine rings is 1. The van der Waals surface area contributed by atoms with Crippen LogP contribution in [0, 0.1) is 6.92 Å². The van der Waals surface area contributed by atoms with E-state index in [0.29, 0.717) is 18.7 Å². The summed E-state index contributed by atoms with van der Waals surface area (Å²) in [7, 11) is -1.91. The lowest BCUT2D eigenvalue weighted by Gasteiger charge is -2.36. The molecule has 0 aliphatic carbocycles. The molecule has 1 saturated heterocycles. The van der Waals surface area contributed by atoms with Gasteiger partial charge in [-0.2, -0.15) is 5.10 Å². The Morgan fingerprint density at radius 1 is 1.38 bits per heavy atom. The van der Waals surface area contributed by atoms with E-state index in [2.05, 4.69) is 5.10 Å². The van der Waals surface area contributed by atoms with Crippen LogP contribution >= 0.6 is 0 Å². The van der Waals surface area contributed by atoms with E-state index in [9.17, 15) is 13.2 Å². The molecule has 0 aromatic carbocycles. The van der Waals surface area contributed by atoms with Crippen LogP contribution in [0.2, 0.25) is 0 Å². The van der Waals surface area contributed by atoms with Gasteiger partial charge in [0.05, 0.1) is 11.4 Å². The third kappa shape index (κ3) is 4.49. The average molecular weight is 357 g/mol. The molecule has 24 heavy (non-hydrogen) atoms. The van der Waals surface area contributed by atoms with E-state index < -0.39 is 21.5 Å². The fourth-order valence-electron chi connectivity index (χ4n) is 2.95. The minimum atomic E-state index is -3.53. The number of amides is 1. The molecule has 1 aromatic rings. The first-order valence-electron chi connectivity index (χ1n) is 8.22. The predicted molar refractivity (Wildman–Crippen MR) is 90.6 cm³/mol. The van der Waals surface area contributed by atoms with Crippen molar-refractivity contribution in [1.29, 1.82) is 0 Å². The van der Waals surface area contributed by atoms with Gasteiger partial charge in [-0.25, -0.2) is 13.2 Å². The molecule has 1 unspecified atom stereocenters. The van der Waals surface area contributed by atoms with Gasteiger partial charge in [-0.1, -0.05) is 0 Å². The first-order valence-corrected chi connectivity index (χ1v) is 9.88. The summed E-state index contributed by atoms with van der Waals surface area (Å²) >= 11 is 0. The van der Waals surface area contributed by atoms with Gasteiger partial charge in [0.2, 0.25) is 0 Å². The highest BCUT2D eigenvalue weighted by atomic mass is 32.2. The van der Waals surface area contributed by atoms with E-state index in [0.717, 1.165) is 12.8 Å². The molecule has 2 heterocycles. The molecule has 1 amide bonds. The topological polar surface area (TPSA) is 81.5 Å². The van der Waals surface area contributed by atoms with Gasteiger partial charge >= 0.3 is 6.09 Å². The van der Waals surface area contributed by atoms with Crippen molar-refractivity contribution >= 4 is 15.9 Å². The van der Waals surface area contributed by atoms with Gasteiger partial charge in [-0.05, 0) is 53.0 Å². The summed E-state index contributed by atoms with van der Waals surface area (Å²) in [4.78, 5) is 14.0. The molecule has 136 valence electrons. The van der Waals surface area contributed by atoms with Crippen molar-refractivity contribution in [3.63, 3.8) is 0 Å². The molecule has 7 nitrogen and oxygen atoms in total. The predicted octanol–water partition coefficient (Wildman–Crippen LogP) is 2.29. The molecule has 2 rings (SSSR count). The fourth-order valence-corrected chi connectivity index (χ4v) is 4.77. The summed E-state index contributed by atoms with van der Waals surface area (Å²) in [5.74, 6) is -0.106. The Labute approximate surface area is 143 Å². The van der Waals surface area contributed by atoms with Crippen LogP contribution in [0.5, 0.6) is 0 Å². The second kappa shape index (κ2) is 6.74. The maximum Gasteiger partial charge on any atom is 0.410 e. The van der Waals surface area contributed by atoms with Crippen molar-refractivity contribution in [2.75, 3.05) is 12.3 Å². The molecule has 1 aliphatic heterocycles. The molecule has 8 heteroatoms. The summed E-state index contributed by atoms with van der Waals surface area (Å²) < 4.78 is 32.3. The van der Waals surface area contributed by atoms with Gasteiger partial charge in [0.25, 0.3) is 0 Å². The summed E-state index contributed by atoms with van der Waals surface area (Å²) in [5.41, 5.74) is 0.0561. The average Bonchev–Trinajstić information content (AvgIpc) is 2.76. The minimum Gasteiger partial charge on any atom is -0.444 e. The summed E-state index contributed by atoms with van der Waals surface area (Å²) in [5, 5.41) is 4.29.